The van der Waals surface area contributed by atoms with E-state index < -0.39 is 0 Å². The SMILES string of the molecule is O=C(CCc1ncc(-c2ccccc2Br)o1)NCC1CCCNC1. The maximum atomic E-state index is 12.0. The molecule has 1 aromatic heterocycles. The Morgan fingerprint density at radius 2 is 2.29 bits per heavy atom. The monoisotopic (exact) mass is 391 g/mol. The molecule has 1 aliphatic heterocycles. The highest BCUT2D eigenvalue weighted by molar-refractivity contribution is 9.10. The summed E-state index contributed by atoms with van der Waals surface area (Å²) in [5, 5.41) is 6.37. The summed E-state index contributed by atoms with van der Waals surface area (Å²) in [5.41, 5.74) is 0.963. The van der Waals surface area contributed by atoms with E-state index in [2.05, 4.69) is 31.5 Å². The first kappa shape index (κ1) is 17.2. The van der Waals surface area contributed by atoms with Crippen molar-refractivity contribution in [3.8, 4) is 11.3 Å². The number of benzene rings is 1. The van der Waals surface area contributed by atoms with Gasteiger partial charge in [0.15, 0.2) is 11.7 Å². The lowest BCUT2D eigenvalue weighted by atomic mass is 10.00. The minimum atomic E-state index is 0.0567. The van der Waals surface area contributed by atoms with E-state index in [9.17, 15) is 4.79 Å². The molecule has 0 aliphatic carbocycles. The van der Waals surface area contributed by atoms with E-state index in [0.717, 1.165) is 29.7 Å². The first-order valence-electron chi connectivity index (χ1n) is 8.39. The average Bonchev–Trinajstić information content (AvgIpc) is 3.08. The highest BCUT2D eigenvalue weighted by Crippen LogP contribution is 2.28. The van der Waals surface area contributed by atoms with E-state index in [1.54, 1.807) is 6.20 Å². The van der Waals surface area contributed by atoms with Crippen LogP contribution in [0.4, 0.5) is 0 Å². The second kappa shape index (κ2) is 8.44. The summed E-state index contributed by atoms with van der Waals surface area (Å²) in [6, 6.07) is 7.84. The molecular weight excluding hydrogens is 370 g/mol. The molecule has 1 unspecified atom stereocenters. The highest BCUT2D eigenvalue weighted by atomic mass is 79.9. The largest absolute Gasteiger partial charge is 0.441 e. The number of hydrogen-bond acceptors (Lipinski definition) is 4. The van der Waals surface area contributed by atoms with Gasteiger partial charge in [-0.15, -0.1) is 0 Å². The van der Waals surface area contributed by atoms with Gasteiger partial charge in [0.05, 0.1) is 6.20 Å². The molecule has 6 heteroatoms. The maximum Gasteiger partial charge on any atom is 0.220 e. The summed E-state index contributed by atoms with van der Waals surface area (Å²) in [7, 11) is 0. The minimum absolute atomic E-state index is 0.0567. The summed E-state index contributed by atoms with van der Waals surface area (Å²) < 4.78 is 6.73. The highest BCUT2D eigenvalue weighted by Gasteiger charge is 2.15. The number of aryl methyl sites for hydroxylation is 1. The van der Waals surface area contributed by atoms with Gasteiger partial charge in [0.1, 0.15) is 0 Å². The van der Waals surface area contributed by atoms with Crippen LogP contribution in [-0.4, -0.2) is 30.5 Å². The third kappa shape index (κ3) is 4.68. The quantitative estimate of drug-likeness (QED) is 0.793. The van der Waals surface area contributed by atoms with E-state index in [4.69, 9.17) is 4.42 Å². The Morgan fingerprint density at radius 3 is 3.08 bits per heavy atom. The maximum absolute atomic E-state index is 12.0. The van der Waals surface area contributed by atoms with Gasteiger partial charge in [-0.25, -0.2) is 4.98 Å². The number of aromatic nitrogens is 1. The molecule has 2 N–H and O–H groups in total. The number of hydrogen-bond donors (Lipinski definition) is 2. The summed E-state index contributed by atoms with van der Waals surface area (Å²) in [4.78, 5) is 16.3. The molecule has 24 heavy (non-hydrogen) atoms. The van der Waals surface area contributed by atoms with Gasteiger partial charge in [0.2, 0.25) is 5.91 Å². The number of nitrogens with zero attached hydrogens (tertiary/aromatic N) is 1. The number of piperidine rings is 1. The predicted molar refractivity (Wildman–Crippen MR) is 96.6 cm³/mol. The molecule has 0 radical (unpaired) electrons. The summed E-state index contributed by atoms with van der Waals surface area (Å²) in [5.74, 6) is 1.91. The van der Waals surface area contributed by atoms with E-state index in [1.807, 2.05) is 24.3 Å². The molecule has 5 nitrogen and oxygen atoms in total. The molecule has 1 aliphatic rings. The lowest BCUT2D eigenvalue weighted by molar-refractivity contribution is -0.121. The van der Waals surface area contributed by atoms with Gasteiger partial charge < -0.3 is 15.1 Å². The average molecular weight is 392 g/mol. The predicted octanol–water partition coefficient (Wildman–Crippen LogP) is 3.15. The Bertz CT molecular complexity index is 680. The molecule has 2 aromatic rings. The molecule has 128 valence electrons. The second-order valence-corrected chi connectivity index (χ2v) is 6.97. The van der Waals surface area contributed by atoms with Crippen LogP contribution in [0.2, 0.25) is 0 Å². The summed E-state index contributed by atoms with van der Waals surface area (Å²) in [6.45, 7) is 2.84. The van der Waals surface area contributed by atoms with Gasteiger partial charge in [-0.2, -0.15) is 0 Å². The summed E-state index contributed by atoms with van der Waals surface area (Å²) >= 11 is 3.51. The molecule has 1 atom stereocenters. The van der Waals surface area contributed by atoms with Crippen LogP contribution in [0, 0.1) is 5.92 Å². The third-order valence-corrected chi connectivity index (χ3v) is 4.94. The van der Waals surface area contributed by atoms with E-state index in [-0.39, 0.29) is 5.91 Å². The van der Waals surface area contributed by atoms with Gasteiger partial charge in [0.25, 0.3) is 0 Å². The number of rotatable bonds is 6. The van der Waals surface area contributed by atoms with Crippen molar-refractivity contribution in [3.63, 3.8) is 0 Å². The first-order chi connectivity index (χ1) is 11.7. The molecule has 2 heterocycles. The molecular formula is C18H22BrN3O2. The molecule has 1 amide bonds. The van der Waals surface area contributed by atoms with Crippen LogP contribution < -0.4 is 10.6 Å². The van der Waals surface area contributed by atoms with E-state index >= 15 is 0 Å². The Hall–Kier alpha value is -1.66. The number of amides is 1. The number of halogens is 1. The Balaban J connectivity index is 1.46. The zero-order valence-electron chi connectivity index (χ0n) is 13.6. The van der Waals surface area contributed by atoms with Crippen LogP contribution in [-0.2, 0) is 11.2 Å². The Kier molecular flexibility index (Phi) is 6.04. The second-order valence-electron chi connectivity index (χ2n) is 6.11. The fraction of sp³-hybridized carbons (Fsp3) is 0.444. The van der Waals surface area contributed by atoms with Crippen molar-refractivity contribution < 1.29 is 9.21 Å². The van der Waals surface area contributed by atoms with Crippen LogP contribution in [0.1, 0.15) is 25.2 Å². The molecule has 1 fully saturated rings. The van der Waals surface area contributed by atoms with Crippen molar-refractivity contribution in [1.82, 2.24) is 15.6 Å². The molecule has 0 bridgehead atoms. The molecule has 0 saturated carbocycles. The number of carbonyl (C=O) groups is 1. The van der Waals surface area contributed by atoms with Crippen molar-refractivity contribution in [2.45, 2.75) is 25.7 Å². The lowest BCUT2D eigenvalue weighted by Gasteiger charge is -2.22. The zero-order valence-corrected chi connectivity index (χ0v) is 15.1. The number of oxazole rings is 1. The van der Waals surface area contributed by atoms with Crippen LogP contribution in [0.15, 0.2) is 39.4 Å². The summed E-state index contributed by atoms with van der Waals surface area (Å²) in [6.07, 6.45) is 4.99. The van der Waals surface area contributed by atoms with Crippen LogP contribution >= 0.6 is 15.9 Å². The fourth-order valence-corrected chi connectivity index (χ4v) is 3.36. The Labute approximate surface area is 150 Å². The van der Waals surface area contributed by atoms with Crippen molar-refractivity contribution in [2.24, 2.45) is 5.92 Å². The van der Waals surface area contributed by atoms with Crippen LogP contribution in [0.3, 0.4) is 0 Å². The van der Waals surface area contributed by atoms with Gasteiger partial charge >= 0.3 is 0 Å². The van der Waals surface area contributed by atoms with Crippen molar-refractivity contribution in [2.75, 3.05) is 19.6 Å². The fourth-order valence-electron chi connectivity index (χ4n) is 2.88. The Morgan fingerprint density at radius 1 is 1.42 bits per heavy atom. The zero-order chi connectivity index (χ0) is 16.8. The molecule has 1 saturated heterocycles. The van der Waals surface area contributed by atoms with Gasteiger partial charge in [-0.05, 0) is 37.9 Å². The molecule has 0 spiro atoms. The van der Waals surface area contributed by atoms with Crippen molar-refractivity contribution in [1.29, 1.82) is 0 Å². The van der Waals surface area contributed by atoms with Crippen LogP contribution in [0.5, 0.6) is 0 Å². The van der Waals surface area contributed by atoms with Crippen LogP contribution in [0.25, 0.3) is 11.3 Å². The lowest BCUT2D eigenvalue weighted by Crippen LogP contribution is -2.38. The normalized spacial score (nSPS) is 17.6. The van der Waals surface area contributed by atoms with Crippen molar-refractivity contribution in [3.05, 3.63) is 40.8 Å². The van der Waals surface area contributed by atoms with E-state index in [1.165, 1.54) is 12.8 Å². The molecule has 3 rings (SSSR count). The minimum Gasteiger partial charge on any atom is -0.441 e. The van der Waals surface area contributed by atoms with E-state index in [0.29, 0.717) is 30.4 Å². The smallest absolute Gasteiger partial charge is 0.220 e. The molecule has 1 aromatic carbocycles. The number of carbonyl (C=O) groups excluding carboxylic acids is 1. The van der Waals surface area contributed by atoms with Gasteiger partial charge in [-0.3, -0.25) is 4.79 Å². The van der Waals surface area contributed by atoms with Crippen molar-refractivity contribution >= 4 is 21.8 Å². The third-order valence-electron chi connectivity index (χ3n) is 4.25. The topological polar surface area (TPSA) is 67.2 Å². The first-order valence-corrected chi connectivity index (χ1v) is 9.18. The van der Waals surface area contributed by atoms with Gasteiger partial charge in [0, 0.05) is 29.4 Å². The van der Waals surface area contributed by atoms with Gasteiger partial charge in [-0.1, -0.05) is 34.1 Å². The standard InChI is InChI=1S/C18H22BrN3O2/c19-15-6-2-1-5-14(15)16-12-22-18(24-16)8-7-17(23)21-11-13-4-3-9-20-10-13/h1-2,5-6,12-13,20H,3-4,7-11H2,(H,21,23). The number of nitrogens with one attached hydrogen (secondary N) is 2.